The Kier molecular flexibility index (Phi) is 8.04. The van der Waals surface area contributed by atoms with Crippen molar-refractivity contribution in [3.8, 4) is 5.75 Å². The second kappa shape index (κ2) is 11.2. The molecule has 2 aromatic rings. The van der Waals surface area contributed by atoms with Crippen LogP contribution in [-0.2, 0) is 24.5 Å². The van der Waals surface area contributed by atoms with Gasteiger partial charge in [-0.1, -0.05) is 36.4 Å². The first-order valence-electron chi connectivity index (χ1n) is 12.4. The number of nitrogens with zero attached hydrogens (tertiary/aromatic N) is 2. The van der Waals surface area contributed by atoms with Crippen LogP contribution in [0.25, 0.3) is 0 Å². The summed E-state index contributed by atoms with van der Waals surface area (Å²) in [4.78, 5) is 42.8. The number of amides is 3. The van der Waals surface area contributed by atoms with Crippen molar-refractivity contribution >= 4 is 17.7 Å². The van der Waals surface area contributed by atoms with E-state index in [4.69, 9.17) is 9.47 Å². The van der Waals surface area contributed by atoms with E-state index in [0.717, 1.165) is 29.1 Å². The molecule has 36 heavy (non-hydrogen) atoms. The number of benzene rings is 2. The van der Waals surface area contributed by atoms with Crippen molar-refractivity contribution in [1.29, 1.82) is 0 Å². The van der Waals surface area contributed by atoms with Crippen LogP contribution in [0.1, 0.15) is 36.8 Å². The van der Waals surface area contributed by atoms with E-state index in [9.17, 15) is 18.8 Å². The van der Waals surface area contributed by atoms with Gasteiger partial charge in [0.05, 0.1) is 25.2 Å². The lowest BCUT2D eigenvalue weighted by Gasteiger charge is -2.35. The van der Waals surface area contributed by atoms with E-state index in [1.807, 2.05) is 31.2 Å². The van der Waals surface area contributed by atoms with Crippen LogP contribution in [0.2, 0.25) is 0 Å². The molecule has 0 spiro atoms. The third-order valence-corrected chi connectivity index (χ3v) is 7.21. The highest BCUT2D eigenvalue weighted by atomic mass is 19.1. The Morgan fingerprint density at radius 2 is 1.89 bits per heavy atom. The molecule has 2 aliphatic rings. The Morgan fingerprint density at radius 3 is 2.64 bits per heavy atom. The van der Waals surface area contributed by atoms with E-state index in [1.54, 1.807) is 11.0 Å². The van der Waals surface area contributed by atoms with E-state index < -0.39 is 23.0 Å². The van der Waals surface area contributed by atoms with Crippen molar-refractivity contribution in [2.45, 2.75) is 38.0 Å². The molecule has 0 unspecified atom stereocenters. The van der Waals surface area contributed by atoms with Crippen molar-refractivity contribution < 1.29 is 28.2 Å². The fourth-order valence-corrected chi connectivity index (χ4v) is 5.23. The number of hydrogen-bond acceptors (Lipinski definition) is 5. The summed E-state index contributed by atoms with van der Waals surface area (Å²) in [6.07, 6.45) is 1.24. The fourth-order valence-electron chi connectivity index (χ4n) is 5.23. The monoisotopic (exact) mass is 496 g/mol. The zero-order chi connectivity index (χ0) is 25.7. The topological polar surface area (TPSA) is 76.2 Å². The zero-order valence-corrected chi connectivity index (χ0v) is 20.9. The Bertz CT molecular complexity index is 1120. The SMILES string of the molecule is COCCN1C(=O)C[C@@](CC(=O)N2CCC[C@@H](COc3ccccc3C)C2)(c2ccccc2F)C1=O. The molecule has 0 radical (unpaired) electrons. The van der Waals surface area contributed by atoms with Gasteiger partial charge in [-0.3, -0.25) is 19.3 Å². The fraction of sp³-hybridized carbons (Fsp3) is 0.464. The Hall–Kier alpha value is -3.26. The van der Waals surface area contributed by atoms with Gasteiger partial charge in [0.2, 0.25) is 17.7 Å². The summed E-state index contributed by atoms with van der Waals surface area (Å²) < 4.78 is 26.0. The molecule has 2 heterocycles. The number of hydrogen-bond donors (Lipinski definition) is 0. The van der Waals surface area contributed by atoms with Crippen LogP contribution in [0.5, 0.6) is 5.75 Å². The van der Waals surface area contributed by atoms with Gasteiger partial charge in [-0.05, 0) is 37.5 Å². The summed E-state index contributed by atoms with van der Waals surface area (Å²) in [7, 11) is 1.48. The second-order valence-corrected chi connectivity index (χ2v) is 9.68. The molecule has 3 amide bonds. The van der Waals surface area contributed by atoms with Gasteiger partial charge in [-0.25, -0.2) is 4.39 Å². The highest BCUT2D eigenvalue weighted by Crippen LogP contribution is 2.41. The van der Waals surface area contributed by atoms with E-state index in [1.165, 1.54) is 25.3 Å². The quantitative estimate of drug-likeness (QED) is 0.497. The maximum Gasteiger partial charge on any atom is 0.241 e. The van der Waals surface area contributed by atoms with E-state index >= 15 is 0 Å². The van der Waals surface area contributed by atoms with E-state index in [0.29, 0.717) is 19.7 Å². The van der Waals surface area contributed by atoms with Gasteiger partial charge >= 0.3 is 0 Å². The number of ether oxygens (including phenoxy) is 2. The van der Waals surface area contributed by atoms with Crippen molar-refractivity contribution in [2.75, 3.05) is 40.0 Å². The predicted molar refractivity (Wildman–Crippen MR) is 132 cm³/mol. The number of rotatable bonds is 9. The standard InChI is InChI=1S/C28H33FN2O5/c1-20-8-3-6-12-24(20)36-19-21-9-7-13-30(18-21)25(32)16-28(22-10-4-5-11-23(22)29)17-26(33)31(27(28)34)14-15-35-2/h3-6,8,10-12,21H,7,9,13-19H2,1-2H3/t21-,28+/m1/s1. The van der Waals surface area contributed by atoms with Crippen LogP contribution in [0.3, 0.4) is 0 Å². The van der Waals surface area contributed by atoms with Crippen LogP contribution in [-0.4, -0.2) is 67.5 Å². The van der Waals surface area contributed by atoms with Crippen molar-refractivity contribution in [3.63, 3.8) is 0 Å². The van der Waals surface area contributed by atoms with Gasteiger partial charge in [0, 0.05) is 44.5 Å². The van der Waals surface area contributed by atoms with Gasteiger partial charge < -0.3 is 14.4 Å². The molecule has 0 aliphatic carbocycles. The smallest absolute Gasteiger partial charge is 0.241 e. The third kappa shape index (κ3) is 5.28. The Balaban J connectivity index is 1.51. The largest absolute Gasteiger partial charge is 0.493 e. The Labute approximate surface area is 211 Å². The first kappa shape index (κ1) is 25.8. The van der Waals surface area contributed by atoms with E-state index in [2.05, 4.69) is 0 Å². The average Bonchev–Trinajstić information content (AvgIpc) is 3.11. The van der Waals surface area contributed by atoms with Crippen LogP contribution >= 0.6 is 0 Å². The second-order valence-electron chi connectivity index (χ2n) is 9.68. The summed E-state index contributed by atoms with van der Waals surface area (Å²) in [5.41, 5.74) is -0.415. The minimum absolute atomic E-state index is 0.0700. The van der Waals surface area contributed by atoms with Crippen LogP contribution in [0.15, 0.2) is 48.5 Å². The number of carbonyl (C=O) groups is 3. The highest BCUT2D eigenvalue weighted by Gasteiger charge is 2.55. The first-order valence-corrected chi connectivity index (χ1v) is 12.4. The zero-order valence-electron chi connectivity index (χ0n) is 20.9. The average molecular weight is 497 g/mol. The molecular weight excluding hydrogens is 463 g/mol. The first-order chi connectivity index (χ1) is 17.4. The molecule has 0 bridgehead atoms. The lowest BCUT2D eigenvalue weighted by molar-refractivity contribution is -0.143. The Morgan fingerprint density at radius 1 is 1.14 bits per heavy atom. The number of likely N-dealkylation sites (tertiary alicyclic amines) is 2. The molecule has 192 valence electrons. The number of imide groups is 1. The summed E-state index contributed by atoms with van der Waals surface area (Å²) >= 11 is 0. The number of aryl methyl sites for hydroxylation is 1. The third-order valence-electron chi connectivity index (χ3n) is 7.21. The number of methoxy groups -OCH3 is 1. The molecule has 2 fully saturated rings. The minimum atomic E-state index is -1.56. The van der Waals surface area contributed by atoms with Gasteiger partial charge in [0.25, 0.3) is 0 Å². The van der Waals surface area contributed by atoms with Gasteiger partial charge in [-0.15, -0.1) is 0 Å². The summed E-state index contributed by atoms with van der Waals surface area (Å²) in [6, 6.07) is 13.7. The normalized spacial score (nSPS) is 22.2. The summed E-state index contributed by atoms with van der Waals surface area (Å²) in [5.74, 6) is -0.844. The molecule has 0 N–H and O–H groups in total. The molecule has 4 rings (SSSR count). The number of carbonyl (C=O) groups excluding carboxylic acids is 3. The van der Waals surface area contributed by atoms with Crippen molar-refractivity contribution in [1.82, 2.24) is 9.80 Å². The molecule has 2 aromatic carbocycles. The van der Waals surface area contributed by atoms with Crippen LogP contribution in [0.4, 0.5) is 4.39 Å². The predicted octanol–water partition coefficient (Wildman–Crippen LogP) is 3.48. The van der Waals surface area contributed by atoms with Gasteiger partial charge in [0.1, 0.15) is 11.6 Å². The number of para-hydroxylation sites is 1. The lowest BCUT2D eigenvalue weighted by atomic mass is 9.75. The molecular formula is C28H33FN2O5. The van der Waals surface area contributed by atoms with Gasteiger partial charge in [0.15, 0.2) is 0 Å². The van der Waals surface area contributed by atoms with E-state index in [-0.39, 0.29) is 43.4 Å². The molecule has 0 aromatic heterocycles. The maximum absolute atomic E-state index is 15.0. The summed E-state index contributed by atoms with van der Waals surface area (Å²) in [5, 5.41) is 0. The van der Waals surface area contributed by atoms with Crippen LogP contribution in [0, 0.1) is 18.7 Å². The molecule has 2 atom stereocenters. The maximum atomic E-state index is 15.0. The molecule has 8 heteroatoms. The lowest BCUT2D eigenvalue weighted by Crippen LogP contribution is -2.47. The molecule has 2 aliphatic heterocycles. The molecule has 7 nitrogen and oxygen atoms in total. The number of halogens is 1. The highest BCUT2D eigenvalue weighted by molar-refractivity contribution is 6.10. The van der Waals surface area contributed by atoms with Crippen LogP contribution < -0.4 is 4.74 Å². The summed E-state index contributed by atoms with van der Waals surface area (Å²) in [6.45, 7) is 3.77. The molecule has 0 saturated carbocycles. The molecule has 2 saturated heterocycles. The minimum Gasteiger partial charge on any atom is -0.493 e. The van der Waals surface area contributed by atoms with Crippen molar-refractivity contribution in [2.24, 2.45) is 5.92 Å². The number of piperidine rings is 1. The van der Waals surface area contributed by atoms with Crippen molar-refractivity contribution in [3.05, 3.63) is 65.5 Å². The van der Waals surface area contributed by atoms with Gasteiger partial charge in [-0.2, -0.15) is 0 Å².